The average Bonchev–Trinajstić information content (AvgIpc) is 3.10. The minimum atomic E-state index is -0.0931. The normalized spacial score (nSPS) is 14.3. The highest BCUT2D eigenvalue weighted by Crippen LogP contribution is 2.37. The fourth-order valence-corrected chi connectivity index (χ4v) is 4.29. The van der Waals surface area contributed by atoms with Crippen molar-refractivity contribution in [2.45, 2.75) is 19.9 Å². The highest BCUT2D eigenvalue weighted by atomic mass is 16.2. The number of anilines is 1. The van der Waals surface area contributed by atoms with Gasteiger partial charge in [0.05, 0.1) is 22.2 Å². The number of para-hydroxylation sites is 2. The van der Waals surface area contributed by atoms with Crippen LogP contribution in [0.25, 0.3) is 22.6 Å². The first kappa shape index (κ1) is 19.9. The van der Waals surface area contributed by atoms with E-state index in [1.54, 1.807) is 21.6 Å². The number of aromatic nitrogens is 2. The molecule has 0 fully saturated rings. The molecule has 0 aliphatic carbocycles. The number of benzene rings is 3. The highest BCUT2D eigenvalue weighted by molar-refractivity contribution is 6.35. The van der Waals surface area contributed by atoms with Gasteiger partial charge in [-0.3, -0.25) is 14.2 Å². The molecule has 3 aromatic carbocycles. The van der Waals surface area contributed by atoms with Gasteiger partial charge in [-0.15, -0.1) is 0 Å². The van der Waals surface area contributed by atoms with Crippen LogP contribution < -0.4 is 10.5 Å². The van der Waals surface area contributed by atoms with E-state index in [0.717, 1.165) is 16.8 Å². The summed E-state index contributed by atoms with van der Waals surface area (Å²) in [5.74, 6) is 0.437. The largest absolute Gasteiger partial charge is 0.308 e. The SMILES string of the molecule is CCN1C(=O)C(=Cc2nc3ccccc3c(=O)n2CCc2ccccc2)c2ccccc21. The van der Waals surface area contributed by atoms with Crippen molar-refractivity contribution in [2.24, 2.45) is 0 Å². The second-order valence-electron chi connectivity index (χ2n) is 7.80. The van der Waals surface area contributed by atoms with E-state index in [9.17, 15) is 9.59 Å². The summed E-state index contributed by atoms with van der Waals surface area (Å²) in [5, 5.41) is 0.580. The number of nitrogens with zero attached hydrogens (tertiary/aromatic N) is 3. The Labute approximate surface area is 186 Å². The second kappa shape index (κ2) is 8.27. The van der Waals surface area contributed by atoms with Crippen LogP contribution in [-0.2, 0) is 17.8 Å². The fraction of sp³-hybridized carbons (Fsp3) is 0.148. The third-order valence-electron chi connectivity index (χ3n) is 5.91. The maximum Gasteiger partial charge on any atom is 0.261 e. The number of hydrogen-bond donors (Lipinski definition) is 0. The molecular weight excluding hydrogens is 398 g/mol. The van der Waals surface area contributed by atoms with Gasteiger partial charge in [-0.2, -0.15) is 0 Å². The lowest BCUT2D eigenvalue weighted by molar-refractivity contribution is -0.112. The first-order valence-electron chi connectivity index (χ1n) is 10.8. The molecule has 0 bridgehead atoms. The fourth-order valence-electron chi connectivity index (χ4n) is 4.29. The van der Waals surface area contributed by atoms with Crippen LogP contribution in [0.4, 0.5) is 5.69 Å². The second-order valence-corrected chi connectivity index (χ2v) is 7.80. The van der Waals surface area contributed by atoms with Gasteiger partial charge in [0.2, 0.25) is 0 Å². The first-order valence-corrected chi connectivity index (χ1v) is 10.8. The number of fused-ring (bicyclic) bond motifs is 2. The Bertz CT molecular complexity index is 1400. The Morgan fingerprint density at radius 3 is 2.41 bits per heavy atom. The smallest absolute Gasteiger partial charge is 0.261 e. The van der Waals surface area contributed by atoms with Crippen molar-refractivity contribution in [3.63, 3.8) is 0 Å². The van der Waals surface area contributed by atoms with Gasteiger partial charge in [0, 0.05) is 18.7 Å². The van der Waals surface area contributed by atoms with E-state index < -0.39 is 0 Å². The summed E-state index contributed by atoms with van der Waals surface area (Å²) in [6.45, 7) is 3.02. The number of carbonyl (C=O) groups is 1. The zero-order chi connectivity index (χ0) is 22.1. The molecule has 0 radical (unpaired) electrons. The Balaban J connectivity index is 1.66. The van der Waals surface area contributed by atoms with Crippen LogP contribution in [-0.4, -0.2) is 22.0 Å². The zero-order valence-electron chi connectivity index (χ0n) is 17.9. The molecule has 0 atom stereocenters. The van der Waals surface area contributed by atoms with E-state index in [4.69, 9.17) is 4.98 Å². The lowest BCUT2D eigenvalue weighted by Crippen LogP contribution is -2.27. The molecule has 0 N–H and O–H groups in total. The van der Waals surface area contributed by atoms with Crippen LogP contribution >= 0.6 is 0 Å². The molecule has 5 heteroatoms. The molecule has 0 spiro atoms. The standard InChI is InChI=1S/C27H23N3O2/c1-2-29-24-15-9-7-12-20(24)22(27(29)32)18-25-28-23-14-8-6-13-21(23)26(31)30(25)17-16-19-10-4-3-5-11-19/h3-15,18H,2,16-17H2,1H3. The van der Waals surface area contributed by atoms with Gasteiger partial charge >= 0.3 is 0 Å². The molecule has 1 aliphatic rings. The number of carbonyl (C=O) groups excluding carboxylic acids is 1. The van der Waals surface area contributed by atoms with E-state index in [1.807, 2.05) is 79.7 Å². The summed E-state index contributed by atoms with van der Waals surface area (Å²) in [6.07, 6.45) is 2.47. The molecule has 1 aromatic heterocycles. The van der Waals surface area contributed by atoms with E-state index in [-0.39, 0.29) is 11.5 Å². The van der Waals surface area contributed by atoms with Gasteiger partial charge in [0.25, 0.3) is 11.5 Å². The summed E-state index contributed by atoms with van der Waals surface area (Å²) in [4.78, 5) is 33.1. The van der Waals surface area contributed by atoms with Crippen LogP contribution in [0.15, 0.2) is 83.7 Å². The van der Waals surface area contributed by atoms with Gasteiger partial charge in [0.15, 0.2) is 0 Å². The van der Waals surface area contributed by atoms with Crippen LogP contribution in [0.1, 0.15) is 23.9 Å². The number of amides is 1. The Morgan fingerprint density at radius 1 is 0.875 bits per heavy atom. The summed E-state index contributed by atoms with van der Waals surface area (Å²) in [7, 11) is 0. The zero-order valence-corrected chi connectivity index (χ0v) is 17.9. The third-order valence-corrected chi connectivity index (χ3v) is 5.91. The van der Waals surface area contributed by atoms with E-state index >= 15 is 0 Å². The molecular formula is C27H23N3O2. The molecule has 0 saturated carbocycles. The molecule has 158 valence electrons. The van der Waals surface area contributed by atoms with Gasteiger partial charge in [0.1, 0.15) is 5.82 Å². The molecule has 1 amide bonds. The molecule has 0 unspecified atom stereocenters. The Hall–Kier alpha value is -3.99. The molecule has 5 rings (SSSR count). The Morgan fingerprint density at radius 2 is 1.59 bits per heavy atom. The van der Waals surface area contributed by atoms with Crippen molar-refractivity contribution < 1.29 is 4.79 Å². The monoisotopic (exact) mass is 421 g/mol. The van der Waals surface area contributed by atoms with E-state index in [2.05, 4.69) is 0 Å². The van der Waals surface area contributed by atoms with Crippen LogP contribution in [0.3, 0.4) is 0 Å². The van der Waals surface area contributed by atoms with Crippen molar-refractivity contribution in [3.05, 3.63) is 106 Å². The molecule has 0 saturated heterocycles. The number of likely N-dealkylation sites (N-methyl/N-ethyl adjacent to an activating group) is 1. The lowest BCUT2D eigenvalue weighted by atomic mass is 10.1. The highest BCUT2D eigenvalue weighted by Gasteiger charge is 2.31. The molecule has 32 heavy (non-hydrogen) atoms. The van der Waals surface area contributed by atoms with Crippen LogP contribution in [0.5, 0.6) is 0 Å². The predicted molar refractivity (Wildman–Crippen MR) is 128 cm³/mol. The van der Waals surface area contributed by atoms with Crippen molar-refractivity contribution >= 4 is 34.1 Å². The van der Waals surface area contributed by atoms with Gasteiger partial charge < -0.3 is 4.90 Å². The number of rotatable bonds is 5. The van der Waals surface area contributed by atoms with Crippen LogP contribution in [0, 0.1) is 0 Å². The predicted octanol–water partition coefficient (Wildman–Crippen LogP) is 4.55. The van der Waals surface area contributed by atoms with Crippen molar-refractivity contribution in [1.29, 1.82) is 0 Å². The summed E-state index contributed by atoms with van der Waals surface area (Å²) >= 11 is 0. The summed E-state index contributed by atoms with van der Waals surface area (Å²) in [5.41, 5.74) is 4.01. The molecule has 4 aromatic rings. The Kier molecular flexibility index (Phi) is 5.15. The third kappa shape index (κ3) is 3.42. The maximum absolute atomic E-state index is 13.4. The van der Waals surface area contributed by atoms with Crippen molar-refractivity contribution in [3.8, 4) is 0 Å². The average molecular weight is 422 g/mol. The first-order chi connectivity index (χ1) is 15.7. The van der Waals surface area contributed by atoms with Gasteiger partial charge in [-0.1, -0.05) is 60.7 Å². The van der Waals surface area contributed by atoms with Crippen molar-refractivity contribution in [2.75, 3.05) is 11.4 Å². The number of aryl methyl sites for hydroxylation is 1. The summed E-state index contributed by atoms with van der Waals surface area (Å²) in [6, 6.07) is 25.2. The maximum atomic E-state index is 13.4. The summed E-state index contributed by atoms with van der Waals surface area (Å²) < 4.78 is 1.69. The van der Waals surface area contributed by atoms with Gasteiger partial charge in [-0.05, 0) is 43.2 Å². The molecule has 5 nitrogen and oxygen atoms in total. The van der Waals surface area contributed by atoms with Crippen molar-refractivity contribution in [1.82, 2.24) is 9.55 Å². The molecule has 2 heterocycles. The minimum absolute atomic E-state index is 0.0642. The quantitative estimate of drug-likeness (QED) is 0.445. The van der Waals surface area contributed by atoms with E-state index in [1.165, 1.54) is 0 Å². The topological polar surface area (TPSA) is 55.2 Å². The lowest BCUT2D eigenvalue weighted by Gasteiger charge is -2.14. The van der Waals surface area contributed by atoms with Gasteiger partial charge in [-0.25, -0.2) is 4.98 Å². The van der Waals surface area contributed by atoms with E-state index in [0.29, 0.717) is 41.8 Å². The number of hydrogen-bond acceptors (Lipinski definition) is 3. The minimum Gasteiger partial charge on any atom is -0.308 e. The molecule has 1 aliphatic heterocycles. The van der Waals surface area contributed by atoms with Crippen LogP contribution in [0.2, 0.25) is 0 Å².